The van der Waals surface area contributed by atoms with E-state index in [1.165, 1.54) is 0 Å². The SMILES string of the molecule is O=C(Cc1ccccc1)Nc1c2c(nn1-c1ccccc1)CS(=O)C2. The normalized spacial score (nSPS) is 15.8. The Morgan fingerprint density at radius 3 is 2.44 bits per heavy atom. The third-order valence-electron chi connectivity index (χ3n) is 4.14. The van der Waals surface area contributed by atoms with Gasteiger partial charge in [0.15, 0.2) is 0 Å². The molecule has 0 saturated carbocycles. The number of carbonyl (C=O) groups excluding carboxylic acids is 1. The van der Waals surface area contributed by atoms with E-state index in [1.807, 2.05) is 60.7 Å². The van der Waals surface area contributed by atoms with Gasteiger partial charge in [0, 0.05) is 16.4 Å². The van der Waals surface area contributed by atoms with Gasteiger partial charge in [0.1, 0.15) is 5.82 Å². The first-order valence-corrected chi connectivity index (χ1v) is 9.54. The largest absolute Gasteiger partial charge is 0.310 e. The highest BCUT2D eigenvalue weighted by Gasteiger charge is 2.28. The Labute approximate surface area is 148 Å². The summed E-state index contributed by atoms with van der Waals surface area (Å²) >= 11 is 0. The average molecular weight is 351 g/mol. The molecule has 126 valence electrons. The Hall–Kier alpha value is -2.73. The highest BCUT2D eigenvalue weighted by molar-refractivity contribution is 7.83. The molecular weight excluding hydrogens is 334 g/mol. The summed E-state index contributed by atoms with van der Waals surface area (Å²) in [6, 6.07) is 19.3. The number of carbonyl (C=O) groups is 1. The molecule has 1 unspecified atom stereocenters. The summed E-state index contributed by atoms with van der Waals surface area (Å²) in [7, 11) is -0.943. The van der Waals surface area contributed by atoms with Crippen LogP contribution in [-0.2, 0) is 33.5 Å². The number of amides is 1. The van der Waals surface area contributed by atoms with Crippen molar-refractivity contribution in [3.63, 3.8) is 0 Å². The van der Waals surface area contributed by atoms with Gasteiger partial charge in [-0.25, -0.2) is 4.68 Å². The maximum Gasteiger partial charge on any atom is 0.229 e. The van der Waals surface area contributed by atoms with Crippen LogP contribution in [0.5, 0.6) is 0 Å². The molecule has 2 aromatic carbocycles. The molecule has 0 aliphatic carbocycles. The first-order valence-electron chi connectivity index (χ1n) is 8.05. The summed E-state index contributed by atoms with van der Waals surface area (Å²) in [4.78, 5) is 12.5. The summed E-state index contributed by atoms with van der Waals surface area (Å²) in [6.45, 7) is 0. The molecule has 4 rings (SSSR count). The predicted molar refractivity (Wildman–Crippen MR) is 97.9 cm³/mol. The van der Waals surface area contributed by atoms with Crippen molar-refractivity contribution in [3.05, 3.63) is 77.5 Å². The first-order chi connectivity index (χ1) is 12.2. The highest BCUT2D eigenvalue weighted by atomic mass is 32.2. The number of hydrogen-bond acceptors (Lipinski definition) is 3. The third-order valence-corrected chi connectivity index (χ3v) is 5.34. The van der Waals surface area contributed by atoms with E-state index in [2.05, 4.69) is 10.4 Å². The van der Waals surface area contributed by atoms with Gasteiger partial charge in [-0.15, -0.1) is 0 Å². The number of aromatic nitrogens is 2. The summed E-state index contributed by atoms with van der Waals surface area (Å²) in [5.74, 6) is 1.40. The number of para-hydroxylation sites is 1. The van der Waals surface area contributed by atoms with Gasteiger partial charge in [0.05, 0.1) is 29.3 Å². The Kier molecular flexibility index (Phi) is 4.19. The Morgan fingerprint density at radius 2 is 1.72 bits per heavy atom. The molecule has 1 amide bonds. The van der Waals surface area contributed by atoms with Crippen LogP contribution in [0.3, 0.4) is 0 Å². The standard InChI is InChI=1S/C19H17N3O2S/c23-18(11-14-7-3-1-4-8-14)20-19-16-12-25(24)13-17(16)21-22(19)15-9-5-2-6-10-15/h1-10H,11-13H2,(H,20,23). The van der Waals surface area contributed by atoms with Crippen LogP contribution in [0.2, 0.25) is 0 Å². The quantitative estimate of drug-likeness (QED) is 0.786. The number of benzene rings is 2. The van der Waals surface area contributed by atoms with E-state index in [9.17, 15) is 9.00 Å². The van der Waals surface area contributed by atoms with Crippen molar-refractivity contribution < 1.29 is 9.00 Å². The van der Waals surface area contributed by atoms with Crippen LogP contribution in [0.4, 0.5) is 5.82 Å². The molecule has 0 radical (unpaired) electrons. The van der Waals surface area contributed by atoms with Crippen molar-refractivity contribution in [2.24, 2.45) is 0 Å². The fraction of sp³-hybridized carbons (Fsp3) is 0.158. The van der Waals surface area contributed by atoms with Crippen LogP contribution in [-0.4, -0.2) is 19.9 Å². The summed E-state index contributed by atoms with van der Waals surface area (Å²) in [6.07, 6.45) is 0.290. The van der Waals surface area contributed by atoms with Crippen molar-refractivity contribution in [2.45, 2.75) is 17.9 Å². The molecule has 0 bridgehead atoms. The van der Waals surface area contributed by atoms with Crippen molar-refractivity contribution in [1.29, 1.82) is 0 Å². The number of nitrogens with zero attached hydrogens (tertiary/aromatic N) is 2. The molecule has 1 aliphatic heterocycles. The Bertz CT molecular complexity index is 936. The van der Waals surface area contributed by atoms with Gasteiger partial charge in [0.25, 0.3) is 0 Å². The first kappa shape index (κ1) is 15.8. The maximum absolute atomic E-state index is 12.5. The Balaban J connectivity index is 1.66. The van der Waals surface area contributed by atoms with Crippen molar-refractivity contribution in [3.8, 4) is 5.69 Å². The zero-order valence-corrected chi connectivity index (χ0v) is 14.3. The van der Waals surface area contributed by atoms with Gasteiger partial charge in [-0.05, 0) is 17.7 Å². The second kappa shape index (κ2) is 6.64. The average Bonchev–Trinajstić information content (AvgIpc) is 3.14. The minimum absolute atomic E-state index is 0.108. The van der Waals surface area contributed by atoms with E-state index in [0.717, 1.165) is 22.5 Å². The van der Waals surface area contributed by atoms with E-state index < -0.39 is 10.8 Å². The summed E-state index contributed by atoms with van der Waals surface area (Å²) in [5, 5.41) is 7.57. The molecule has 0 fully saturated rings. The number of fused-ring (bicyclic) bond motifs is 1. The van der Waals surface area contributed by atoms with Gasteiger partial charge in [-0.1, -0.05) is 48.5 Å². The predicted octanol–water partition coefficient (Wildman–Crippen LogP) is 2.82. The van der Waals surface area contributed by atoms with Gasteiger partial charge in [-0.3, -0.25) is 9.00 Å². The third kappa shape index (κ3) is 3.25. The van der Waals surface area contributed by atoms with Crippen molar-refractivity contribution in [2.75, 3.05) is 5.32 Å². The zero-order valence-electron chi connectivity index (χ0n) is 13.5. The topological polar surface area (TPSA) is 64.0 Å². The fourth-order valence-electron chi connectivity index (χ4n) is 2.97. The molecule has 3 aromatic rings. The lowest BCUT2D eigenvalue weighted by molar-refractivity contribution is -0.115. The van der Waals surface area contributed by atoms with Gasteiger partial charge >= 0.3 is 0 Å². The monoisotopic (exact) mass is 351 g/mol. The molecule has 6 heteroatoms. The van der Waals surface area contributed by atoms with E-state index >= 15 is 0 Å². The van der Waals surface area contributed by atoms with Crippen LogP contribution in [0.25, 0.3) is 5.69 Å². The molecule has 25 heavy (non-hydrogen) atoms. The van der Waals surface area contributed by atoms with E-state index in [-0.39, 0.29) is 5.91 Å². The van der Waals surface area contributed by atoms with E-state index in [1.54, 1.807) is 4.68 Å². The van der Waals surface area contributed by atoms with Gasteiger partial charge < -0.3 is 5.32 Å². The minimum atomic E-state index is -0.943. The van der Waals surface area contributed by atoms with Crippen LogP contribution >= 0.6 is 0 Å². The number of rotatable bonds is 4. The zero-order chi connectivity index (χ0) is 17.2. The number of anilines is 1. The van der Waals surface area contributed by atoms with Gasteiger partial charge in [0.2, 0.25) is 5.91 Å². The minimum Gasteiger partial charge on any atom is -0.310 e. The summed E-state index contributed by atoms with van der Waals surface area (Å²) < 4.78 is 13.6. The maximum atomic E-state index is 12.5. The molecule has 1 atom stereocenters. The molecule has 0 saturated heterocycles. The van der Waals surface area contributed by atoms with Crippen LogP contribution < -0.4 is 5.32 Å². The summed E-state index contributed by atoms with van der Waals surface area (Å²) in [5.41, 5.74) is 3.50. The molecule has 0 spiro atoms. The Morgan fingerprint density at radius 1 is 1.04 bits per heavy atom. The lowest BCUT2D eigenvalue weighted by Crippen LogP contribution is -2.18. The molecule has 1 aromatic heterocycles. The lowest BCUT2D eigenvalue weighted by atomic mass is 10.1. The molecule has 2 heterocycles. The van der Waals surface area contributed by atoms with Crippen LogP contribution in [0, 0.1) is 0 Å². The second-order valence-electron chi connectivity index (χ2n) is 5.96. The van der Waals surface area contributed by atoms with Gasteiger partial charge in [-0.2, -0.15) is 5.10 Å². The number of nitrogens with one attached hydrogen (secondary N) is 1. The number of hydrogen-bond donors (Lipinski definition) is 1. The van der Waals surface area contributed by atoms with Crippen LogP contribution in [0.1, 0.15) is 16.8 Å². The van der Waals surface area contributed by atoms with E-state index in [0.29, 0.717) is 23.7 Å². The fourth-order valence-corrected chi connectivity index (χ4v) is 4.23. The molecule has 5 nitrogen and oxygen atoms in total. The smallest absolute Gasteiger partial charge is 0.229 e. The molecular formula is C19H17N3O2S. The molecule has 1 N–H and O–H groups in total. The van der Waals surface area contributed by atoms with Crippen molar-refractivity contribution >= 4 is 22.5 Å². The van der Waals surface area contributed by atoms with Crippen LogP contribution in [0.15, 0.2) is 60.7 Å². The van der Waals surface area contributed by atoms with E-state index in [4.69, 9.17) is 0 Å². The second-order valence-corrected chi connectivity index (χ2v) is 7.42. The van der Waals surface area contributed by atoms with Crippen molar-refractivity contribution in [1.82, 2.24) is 9.78 Å². The highest BCUT2D eigenvalue weighted by Crippen LogP contribution is 2.31. The lowest BCUT2D eigenvalue weighted by Gasteiger charge is -2.11. The molecule has 1 aliphatic rings.